The third-order valence-electron chi connectivity index (χ3n) is 6.74. The highest BCUT2D eigenvalue weighted by atomic mass is 15.2. The molecule has 2 bridgehead atoms. The number of aryl methyl sites for hydroxylation is 1. The molecule has 0 amide bonds. The molecule has 5 rings (SSSR count). The molecular formula is C28H35N5. The third kappa shape index (κ3) is 5.68. The molecule has 2 aromatic carbocycles. The Kier molecular flexibility index (Phi) is 7.43. The van der Waals surface area contributed by atoms with E-state index in [1.807, 2.05) is 0 Å². The van der Waals surface area contributed by atoms with Crippen molar-refractivity contribution in [2.24, 2.45) is 0 Å². The summed E-state index contributed by atoms with van der Waals surface area (Å²) in [6.07, 6.45) is 6.95. The van der Waals surface area contributed by atoms with Gasteiger partial charge in [-0.05, 0) is 52.4 Å². The molecule has 0 unspecified atom stereocenters. The van der Waals surface area contributed by atoms with Crippen LogP contribution in [0.2, 0.25) is 0 Å². The second-order valence-corrected chi connectivity index (χ2v) is 9.08. The van der Waals surface area contributed by atoms with Crippen LogP contribution in [0.15, 0.2) is 54.6 Å². The van der Waals surface area contributed by atoms with Gasteiger partial charge in [0.15, 0.2) is 0 Å². The van der Waals surface area contributed by atoms with Gasteiger partial charge >= 0.3 is 0 Å². The van der Waals surface area contributed by atoms with Crippen molar-refractivity contribution >= 4 is 16.8 Å². The van der Waals surface area contributed by atoms with Gasteiger partial charge in [0.1, 0.15) is 0 Å². The summed E-state index contributed by atoms with van der Waals surface area (Å²) in [5.74, 6) is 0. The van der Waals surface area contributed by atoms with E-state index in [0.29, 0.717) is 0 Å². The summed E-state index contributed by atoms with van der Waals surface area (Å²) in [7, 11) is 0. The highest BCUT2D eigenvalue weighted by molar-refractivity contribution is 5.90. The summed E-state index contributed by atoms with van der Waals surface area (Å²) < 4.78 is 0. The van der Waals surface area contributed by atoms with Gasteiger partial charge in [0, 0.05) is 58.9 Å². The third-order valence-corrected chi connectivity index (χ3v) is 6.74. The van der Waals surface area contributed by atoms with E-state index in [4.69, 9.17) is 4.98 Å². The minimum Gasteiger partial charge on any atom is -0.311 e. The van der Waals surface area contributed by atoms with Crippen LogP contribution in [0, 0.1) is 0 Å². The van der Waals surface area contributed by atoms with E-state index in [0.717, 1.165) is 83.1 Å². The van der Waals surface area contributed by atoms with Crippen molar-refractivity contribution in [3.05, 3.63) is 82.7 Å². The van der Waals surface area contributed by atoms with E-state index >= 15 is 0 Å². The van der Waals surface area contributed by atoms with Crippen molar-refractivity contribution in [3.8, 4) is 0 Å². The van der Waals surface area contributed by atoms with Crippen LogP contribution in [0.5, 0.6) is 0 Å². The maximum Gasteiger partial charge on any atom is 0.0545 e. The van der Waals surface area contributed by atoms with Crippen molar-refractivity contribution in [3.63, 3.8) is 0 Å². The maximum absolute atomic E-state index is 4.71. The van der Waals surface area contributed by atoms with Gasteiger partial charge in [0.2, 0.25) is 0 Å². The zero-order valence-corrected chi connectivity index (χ0v) is 19.4. The number of benzene rings is 2. The lowest BCUT2D eigenvalue weighted by Gasteiger charge is -2.24. The van der Waals surface area contributed by atoms with E-state index in [1.165, 1.54) is 27.5 Å². The number of nitrogens with one attached hydrogen (secondary N) is 3. The molecule has 0 saturated heterocycles. The lowest BCUT2D eigenvalue weighted by Crippen LogP contribution is -2.40. The number of rotatable bonds is 5. The summed E-state index contributed by atoms with van der Waals surface area (Å²) in [5.41, 5.74) is 6.62. The quantitative estimate of drug-likeness (QED) is 0.530. The molecule has 1 aliphatic heterocycles. The van der Waals surface area contributed by atoms with Crippen LogP contribution in [0.25, 0.3) is 16.8 Å². The largest absolute Gasteiger partial charge is 0.311 e. The number of hydrogen-bond donors (Lipinski definition) is 3. The van der Waals surface area contributed by atoms with Crippen LogP contribution in [-0.2, 0) is 26.1 Å². The molecule has 2 heterocycles. The van der Waals surface area contributed by atoms with Gasteiger partial charge < -0.3 is 16.0 Å². The number of fused-ring (bicyclic) bond motifs is 4. The fraction of sp³-hybridized carbons (Fsp3) is 0.393. The first kappa shape index (κ1) is 22.2. The molecule has 3 aromatic rings. The predicted octanol–water partition coefficient (Wildman–Crippen LogP) is 3.48. The van der Waals surface area contributed by atoms with Crippen LogP contribution < -0.4 is 16.0 Å². The molecule has 3 N–H and O–H groups in total. The summed E-state index contributed by atoms with van der Waals surface area (Å²) in [6, 6.07) is 17.5. The Labute approximate surface area is 197 Å². The summed E-state index contributed by atoms with van der Waals surface area (Å²) in [5, 5.41) is 13.6. The van der Waals surface area contributed by atoms with Crippen molar-refractivity contribution in [1.82, 2.24) is 25.8 Å². The zero-order chi connectivity index (χ0) is 22.3. The van der Waals surface area contributed by atoms with Crippen molar-refractivity contribution < 1.29 is 0 Å². The topological polar surface area (TPSA) is 52.2 Å². The van der Waals surface area contributed by atoms with Gasteiger partial charge in [-0.3, -0.25) is 9.88 Å². The minimum atomic E-state index is 0.833. The monoisotopic (exact) mass is 441 g/mol. The van der Waals surface area contributed by atoms with Gasteiger partial charge in [-0.2, -0.15) is 0 Å². The van der Waals surface area contributed by atoms with Gasteiger partial charge in [-0.15, -0.1) is 0 Å². The number of nitrogens with zero attached hydrogens (tertiary/aromatic N) is 2. The SMILES string of the molecule is C1=Cc2c(cc3ccccc3c2CNCCN2CCNCc3cccc(n3)CNCC2)CC1. The predicted molar refractivity (Wildman–Crippen MR) is 137 cm³/mol. The Morgan fingerprint density at radius 1 is 0.939 bits per heavy atom. The second kappa shape index (κ2) is 11.0. The Morgan fingerprint density at radius 2 is 1.73 bits per heavy atom. The summed E-state index contributed by atoms with van der Waals surface area (Å²) in [4.78, 5) is 7.26. The van der Waals surface area contributed by atoms with E-state index < -0.39 is 0 Å². The lowest BCUT2D eigenvalue weighted by atomic mass is 9.89. The van der Waals surface area contributed by atoms with E-state index in [9.17, 15) is 0 Å². The molecule has 5 heteroatoms. The molecule has 0 radical (unpaired) electrons. The highest BCUT2D eigenvalue weighted by Crippen LogP contribution is 2.30. The average Bonchev–Trinajstić information content (AvgIpc) is 2.85. The normalized spacial score (nSPS) is 17.3. The molecule has 1 aromatic heterocycles. The van der Waals surface area contributed by atoms with Crippen LogP contribution in [0.1, 0.15) is 34.5 Å². The molecule has 1 aliphatic carbocycles. The second-order valence-electron chi connectivity index (χ2n) is 9.08. The van der Waals surface area contributed by atoms with Crippen LogP contribution in [-0.4, -0.2) is 49.2 Å². The Balaban J connectivity index is 1.18. The van der Waals surface area contributed by atoms with Gasteiger partial charge in [-0.25, -0.2) is 0 Å². The summed E-state index contributed by atoms with van der Waals surface area (Å²) in [6.45, 7) is 8.68. The Bertz CT molecular complexity index is 1080. The summed E-state index contributed by atoms with van der Waals surface area (Å²) >= 11 is 0. The molecule has 2 aliphatic rings. The van der Waals surface area contributed by atoms with Crippen molar-refractivity contribution in [2.45, 2.75) is 32.5 Å². The molecule has 33 heavy (non-hydrogen) atoms. The lowest BCUT2D eigenvalue weighted by molar-refractivity contribution is 0.270. The molecule has 0 spiro atoms. The van der Waals surface area contributed by atoms with Gasteiger partial charge in [0.05, 0.1) is 11.4 Å². The number of allylic oxidation sites excluding steroid dienone is 1. The zero-order valence-electron chi connectivity index (χ0n) is 19.4. The molecule has 0 saturated carbocycles. The molecule has 172 valence electrons. The fourth-order valence-corrected chi connectivity index (χ4v) is 4.97. The fourth-order valence-electron chi connectivity index (χ4n) is 4.97. The smallest absolute Gasteiger partial charge is 0.0545 e. The number of hydrogen-bond acceptors (Lipinski definition) is 5. The molecular weight excluding hydrogens is 406 g/mol. The first-order chi connectivity index (χ1) is 16.4. The van der Waals surface area contributed by atoms with Crippen LogP contribution in [0.3, 0.4) is 0 Å². The molecule has 5 nitrogen and oxygen atoms in total. The number of pyridine rings is 1. The van der Waals surface area contributed by atoms with Crippen LogP contribution >= 0.6 is 0 Å². The Morgan fingerprint density at radius 3 is 2.55 bits per heavy atom. The Hall–Kier alpha value is -2.57. The van der Waals surface area contributed by atoms with Crippen molar-refractivity contribution in [2.75, 3.05) is 39.3 Å². The van der Waals surface area contributed by atoms with E-state index in [-0.39, 0.29) is 0 Å². The maximum atomic E-state index is 4.71. The standard InChI is InChI=1S/C28H35N5/c1-3-10-26-22(6-1)18-23-7-2-4-11-27(23)28(26)21-31-14-17-33-15-12-29-19-24-8-5-9-25(32-24)20-30-13-16-33/h1,3-6,8-11,18,29-31H,2,7,12-17,19-21H2. The van der Waals surface area contributed by atoms with Crippen LogP contribution in [0.4, 0.5) is 0 Å². The minimum absolute atomic E-state index is 0.833. The molecule has 0 atom stereocenters. The average molecular weight is 442 g/mol. The highest BCUT2D eigenvalue weighted by Gasteiger charge is 2.14. The molecule has 0 fully saturated rings. The number of aromatic nitrogens is 1. The first-order valence-corrected chi connectivity index (χ1v) is 12.4. The van der Waals surface area contributed by atoms with E-state index in [2.05, 4.69) is 81.5 Å². The first-order valence-electron chi connectivity index (χ1n) is 12.4. The van der Waals surface area contributed by atoms with E-state index in [1.54, 1.807) is 0 Å². The van der Waals surface area contributed by atoms with Crippen molar-refractivity contribution in [1.29, 1.82) is 0 Å². The van der Waals surface area contributed by atoms with Gasteiger partial charge in [0.25, 0.3) is 0 Å². The van der Waals surface area contributed by atoms with Gasteiger partial charge in [-0.1, -0.05) is 48.6 Å².